The predicted octanol–water partition coefficient (Wildman–Crippen LogP) is 3.87. The summed E-state index contributed by atoms with van der Waals surface area (Å²) < 4.78 is 11.3. The van der Waals surface area contributed by atoms with E-state index < -0.39 is 5.97 Å². The number of carbonyl (C=O) groups is 1. The van der Waals surface area contributed by atoms with Gasteiger partial charge in [0.1, 0.15) is 17.4 Å². The van der Waals surface area contributed by atoms with Gasteiger partial charge < -0.3 is 13.9 Å². The minimum atomic E-state index is -0.875. The molecule has 4 aromatic rings. The van der Waals surface area contributed by atoms with Crippen LogP contribution in [0.4, 0.5) is 0 Å². The van der Waals surface area contributed by atoms with E-state index in [1.165, 1.54) is 0 Å². The molecule has 0 saturated heterocycles. The number of carboxylic acid groups (broad SMARTS) is 1. The first kappa shape index (κ1) is 12.6. The van der Waals surface area contributed by atoms with Gasteiger partial charge in [-0.1, -0.05) is 24.3 Å². The number of benzene rings is 2. The van der Waals surface area contributed by atoms with E-state index in [0.29, 0.717) is 22.6 Å². The Kier molecular flexibility index (Phi) is 2.72. The van der Waals surface area contributed by atoms with Crippen molar-refractivity contribution in [3.8, 4) is 11.5 Å². The molecule has 0 saturated carbocycles. The quantitative estimate of drug-likeness (QED) is 0.620. The summed E-state index contributed by atoms with van der Waals surface area (Å²) in [7, 11) is 0. The molecule has 0 aliphatic carbocycles. The highest BCUT2D eigenvalue weighted by Crippen LogP contribution is 2.32. The third kappa shape index (κ3) is 2.03. The fraction of sp³-hybridized carbons (Fsp3) is 0.0588. The Morgan fingerprint density at radius 2 is 2.00 bits per heavy atom. The highest BCUT2D eigenvalue weighted by Gasteiger charge is 2.14. The maximum atomic E-state index is 10.8. The first-order chi connectivity index (χ1) is 10.7. The van der Waals surface area contributed by atoms with Gasteiger partial charge in [0.15, 0.2) is 5.58 Å². The Morgan fingerprint density at radius 3 is 2.86 bits per heavy atom. The normalized spacial score (nSPS) is 11.3. The second kappa shape index (κ2) is 4.73. The van der Waals surface area contributed by atoms with Crippen molar-refractivity contribution in [3.63, 3.8) is 0 Å². The molecule has 2 aromatic heterocycles. The molecule has 108 valence electrons. The van der Waals surface area contributed by atoms with E-state index in [2.05, 4.69) is 4.98 Å². The van der Waals surface area contributed by atoms with Gasteiger partial charge in [0.25, 0.3) is 0 Å². The summed E-state index contributed by atoms with van der Waals surface area (Å²) in [5, 5.41) is 9.78. The monoisotopic (exact) mass is 293 g/mol. The number of rotatable bonds is 3. The minimum absolute atomic E-state index is 0.0411. The van der Waals surface area contributed by atoms with E-state index in [4.69, 9.17) is 13.9 Å². The number of carboxylic acids is 1. The van der Waals surface area contributed by atoms with E-state index in [0.717, 1.165) is 16.5 Å². The van der Waals surface area contributed by atoms with Gasteiger partial charge in [-0.25, -0.2) is 4.98 Å². The third-order valence-electron chi connectivity index (χ3n) is 3.52. The van der Waals surface area contributed by atoms with Crippen LogP contribution in [-0.4, -0.2) is 16.1 Å². The molecule has 0 spiro atoms. The van der Waals surface area contributed by atoms with Gasteiger partial charge in [0.05, 0.1) is 12.0 Å². The molecule has 22 heavy (non-hydrogen) atoms. The van der Waals surface area contributed by atoms with Gasteiger partial charge >= 0.3 is 5.97 Å². The van der Waals surface area contributed by atoms with E-state index in [1.54, 1.807) is 24.5 Å². The van der Waals surface area contributed by atoms with Gasteiger partial charge in [-0.15, -0.1) is 0 Å². The Balaban J connectivity index is 1.84. The number of hydrogen-bond donors (Lipinski definition) is 1. The molecule has 0 amide bonds. The largest absolute Gasteiger partial charge is 0.481 e. The Morgan fingerprint density at radius 1 is 1.14 bits per heavy atom. The summed E-state index contributed by atoms with van der Waals surface area (Å²) in [5.74, 6) is -0.410. The smallest absolute Gasteiger partial charge is 0.307 e. The molecule has 5 nitrogen and oxygen atoms in total. The van der Waals surface area contributed by atoms with Crippen LogP contribution in [0.2, 0.25) is 0 Å². The van der Waals surface area contributed by atoms with Crippen LogP contribution in [0, 0.1) is 0 Å². The standard InChI is InChI=1S/C17H11NO4/c19-16(20)8-10-5-6-13-15(7-10)22-17(18-13)12-9-21-14-4-2-1-3-11(12)14/h1-7,9H,8H2,(H,19,20). The topological polar surface area (TPSA) is 76.5 Å². The van der Waals surface area contributed by atoms with Gasteiger partial charge in [0.2, 0.25) is 5.89 Å². The van der Waals surface area contributed by atoms with Gasteiger partial charge in [0, 0.05) is 5.39 Å². The van der Waals surface area contributed by atoms with Crippen molar-refractivity contribution >= 4 is 28.0 Å². The molecular formula is C17H11NO4. The zero-order chi connectivity index (χ0) is 15.1. The number of aliphatic carboxylic acids is 1. The predicted molar refractivity (Wildman–Crippen MR) is 80.6 cm³/mol. The summed E-state index contributed by atoms with van der Waals surface area (Å²) in [5.41, 5.74) is 3.49. The van der Waals surface area contributed by atoms with Crippen molar-refractivity contribution in [1.82, 2.24) is 4.98 Å². The number of furan rings is 1. The Bertz CT molecular complexity index is 996. The molecule has 2 aromatic carbocycles. The van der Waals surface area contributed by atoms with Crippen LogP contribution >= 0.6 is 0 Å². The molecule has 4 rings (SSSR count). The van der Waals surface area contributed by atoms with Gasteiger partial charge in [-0.3, -0.25) is 4.79 Å². The van der Waals surface area contributed by atoms with Crippen LogP contribution in [0.3, 0.4) is 0 Å². The number of hydrogen-bond acceptors (Lipinski definition) is 4. The highest BCUT2D eigenvalue weighted by atomic mass is 16.4. The first-order valence-electron chi connectivity index (χ1n) is 6.78. The molecule has 5 heteroatoms. The highest BCUT2D eigenvalue weighted by molar-refractivity contribution is 5.93. The second-order valence-corrected chi connectivity index (χ2v) is 5.04. The van der Waals surface area contributed by atoms with E-state index >= 15 is 0 Å². The van der Waals surface area contributed by atoms with E-state index in [9.17, 15) is 4.79 Å². The molecule has 1 N–H and O–H groups in total. The molecule has 0 aliphatic rings. The lowest BCUT2D eigenvalue weighted by Gasteiger charge is -1.94. The summed E-state index contributed by atoms with van der Waals surface area (Å²) in [6.07, 6.45) is 1.58. The lowest BCUT2D eigenvalue weighted by molar-refractivity contribution is -0.136. The lowest BCUT2D eigenvalue weighted by atomic mass is 10.1. The molecular weight excluding hydrogens is 282 g/mol. The molecule has 0 unspecified atom stereocenters. The number of aromatic nitrogens is 1. The Labute approximate surface area is 124 Å². The lowest BCUT2D eigenvalue weighted by Crippen LogP contribution is -1.99. The van der Waals surface area contributed by atoms with Crippen molar-refractivity contribution in [2.75, 3.05) is 0 Å². The molecule has 0 fully saturated rings. The van der Waals surface area contributed by atoms with Crippen molar-refractivity contribution in [2.24, 2.45) is 0 Å². The molecule has 0 bridgehead atoms. The summed E-state index contributed by atoms with van der Waals surface area (Å²) in [6, 6.07) is 12.9. The van der Waals surface area contributed by atoms with Crippen molar-refractivity contribution in [1.29, 1.82) is 0 Å². The first-order valence-corrected chi connectivity index (χ1v) is 6.78. The molecule has 2 heterocycles. The summed E-state index contributed by atoms with van der Waals surface area (Å²) in [6.45, 7) is 0. The maximum Gasteiger partial charge on any atom is 0.307 e. The zero-order valence-corrected chi connectivity index (χ0v) is 11.4. The van der Waals surface area contributed by atoms with Gasteiger partial charge in [-0.05, 0) is 23.8 Å². The van der Waals surface area contributed by atoms with E-state index in [1.807, 2.05) is 24.3 Å². The fourth-order valence-electron chi connectivity index (χ4n) is 2.51. The number of para-hydroxylation sites is 1. The van der Waals surface area contributed by atoms with Crippen molar-refractivity contribution in [2.45, 2.75) is 6.42 Å². The van der Waals surface area contributed by atoms with Crippen LogP contribution < -0.4 is 0 Å². The van der Waals surface area contributed by atoms with Crippen molar-refractivity contribution < 1.29 is 18.7 Å². The Hall–Kier alpha value is -3.08. The second-order valence-electron chi connectivity index (χ2n) is 5.04. The molecule has 0 atom stereocenters. The summed E-state index contributed by atoms with van der Waals surface area (Å²) in [4.78, 5) is 15.2. The zero-order valence-electron chi connectivity index (χ0n) is 11.4. The van der Waals surface area contributed by atoms with Crippen LogP contribution in [0.25, 0.3) is 33.5 Å². The minimum Gasteiger partial charge on any atom is -0.481 e. The molecule has 0 radical (unpaired) electrons. The van der Waals surface area contributed by atoms with Crippen LogP contribution in [0.5, 0.6) is 0 Å². The number of fused-ring (bicyclic) bond motifs is 2. The van der Waals surface area contributed by atoms with Gasteiger partial charge in [-0.2, -0.15) is 0 Å². The van der Waals surface area contributed by atoms with E-state index in [-0.39, 0.29) is 6.42 Å². The molecule has 0 aliphatic heterocycles. The van der Waals surface area contributed by atoms with Crippen LogP contribution in [-0.2, 0) is 11.2 Å². The van der Waals surface area contributed by atoms with Crippen LogP contribution in [0.15, 0.2) is 57.6 Å². The third-order valence-corrected chi connectivity index (χ3v) is 3.52. The average Bonchev–Trinajstić information content (AvgIpc) is 3.09. The SMILES string of the molecule is O=C(O)Cc1ccc2nc(-c3coc4ccccc34)oc2c1. The number of oxazole rings is 1. The fourth-order valence-corrected chi connectivity index (χ4v) is 2.51. The van der Waals surface area contributed by atoms with Crippen LogP contribution in [0.1, 0.15) is 5.56 Å². The maximum absolute atomic E-state index is 10.8. The average molecular weight is 293 g/mol. The number of nitrogens with zero attached hydrogens (tertiary/aromatic N) is 1. The van der Waals surface area contributed by atoms with Crippen molar-refractivity contribution in [3.05, 3.63) is 54.3 Å². The summed E-state index contributed by atoms with van der Waals surface area (Å²) >= 11 is 0.